The number of aromatic amines is 1. The van der Waals surface area contributed by atoms with Gasteiger partial charge in [-0.2, -0.15) is 0 Å². The van der Waals surface area contributed by atoms with Gasteiger partial charge >= 0.3 is 0 Å². The van der Waals surface area contributed by atoms with Crippen LogP contribution in [0.5, 0.6) is 0 Å². The highest BCUT2D eigenvalue weighted by atomic mass is 16.3. The van der Waals surface area contributed by atoms with Gasteiger partial charge in [0.2, 0.25) is 0 Å². The van der Waals surface area contributed by atoms with E-state index < -0.39 is 6.10 Å². The number of hydrogen-bond acceptors (Lipinski definition) is 2. The molecule has 0 aliphatic rings. The highest BCUT2D eigenvalue weighted by molar-refractivity contribution is 5.98. The van der Waals surface area contributed by atoms with Gasteiger partial charge in [-0.15, -0.1) is 0 Å². The summed E-state index contributed by atoms with van der Waals surface area (Å²) in [6.45, 7) is 4.29. The highest BCUT2D eigenvalue weighted by Gasteiger charge is 2.14. The minimum Gasteiger partial charge on any atom is -0.391 e. The topological polar surface area (TPSA) is 65.1 Å². The molecule has 2 atom stereocenters. The number of H-pyrrole nitrogens is 1. The Morgan fingerprint density at radius 2 is 2.21 bits per heavy atom. The number of fused-ring (bicyclic) bond motifs is 1. The predicted molar refractivity (Wildman–Crippen MR) is 76.1 cm³/mol. The maximum atomic E-state index is 12.0. The molecule has 0 bridgehead atoms. The first-order valence-electron chi connectivity index (χ1n) is 6.65. The Bertz CT molecular complexity index is 562. The van der Waals surface area contributed by atoms with Crippen LogP contribution in [0.3, 0.4) is 0 Å². The molecule has 4 heteroatoms. The van der Waals surface area contributed by atoms with E-state index in [1.165, 1.54) is 0 Å². The summed E-state index contributed by atoms with van der Waals surface area (Å²) in [6, 6.07) is 7.44. The van der Waals surface area contributed by atoms with E-state index in [0.29, 0.717) is 12.1 Å². The second-order valence-corrected chi connectivity index (χ2v) is 4.94. The number of aliphatic hydroxyl groups excluding tert-OH is 1. The number of rotatable bonds is 5. The van der Waals surface area contributed by atoms with Crippen molar-refractivity contribution in [1.82, 2.24) is 10.3 Å². The first kappa shape index (κ1) is 13.6. The minimum absolute atomic E-state index is 0.148. The molecular weight excluding hydrogens is 240 g/mol. The summed E-state index contributed by atoms with van der Waals surface area (Å²) < 4.78 is 0. The molecule has 0 fully saturated rings. The standard InChI is InChI=1S/C15H20N2O2/c1-3-10(2)14(18)9-17-15(19)12-4-5-13-11(8-12)6-7-16-13/h4-8,10,14,16,18H,3,9H2,1-2H3,(H,17,19). The third kappa shape index (κ3) is 3.15. The normalized spacial score (nSPS) is 14.3. The van der Waals surface area contributed by atoms with Crippen LogP contribution in [0.1, 0.15) is 30.6 Å². The van der Waals surface area contributed by atoms with Crippen molar-refractivity contribution in [2.45, 2.75) is 26.4 Å². The molecule has 3 N–H and O–H groups in total. The second kappa shape index (κ2) is 5.89. The van der Waals surface area contributed by atoms with Crippen LogP contribution in [0.4, 0.5) is 0 Å². The van der Waals surface area contributed by atoms with Crippen LogP contribution < -0.4 is 5.32 Å². The first-order valence-corrected chi connectivity index (χ1v) is 6.65. The summed E-state index contributed by atoms with van der Waals surface area (Å²) in [6.07, 6.45) is 2.25. The minimum atomic E-state index is -0.495. The van der Waals surface area contributed by atoms with E-state index in [1.54, 1.807) is 6.07 Å². The van der Waals surface area contributed by atoms with Crippen LogP contribution in [-0.4, -0.2) is 28.6 Å². The number of aliphatic hydroxyl groups is 1. The van der Waals surface area contributed by atoms with E-state index in [2.05, 4.69) is 10.3 Å². The Labute approximate surface area is 112 Å². The molecule has 1 heterocycles. The zero-order valence-electron chi connectivity index (χ0n) is 11.3. The molecule has 2 aromatic rings. The highest BCUT2D eigenvalue weighted by Crippen LogP contribution is 2.14. The number of hydrogen-bond donors (Lipinski definition) is 3. The zero-order chi connectivity index (χ0) is 13.8. The largest absolute Gasteiger partial charge is 0.391 e. The van der Waals surface area contributed by atoms with Gasteiger partial charge in [0.25, 0.3) is 5.91 Å². The van der Waals surface area contributed by atoms with Crippen LogP contribution in [-0.2, 0) is 0 Å². The lowest BCUT2D eigenvalue weighted by molar-refractivity contribution is 0.0850. The van der Waals surface area contributed by atoms with Crippen molar-refractivity contribution in [2.75, 3.05) is 6.54 Å². The Morgan fingerprint density at radius 3 is 2.95 bits per heavy atom. The lowest BCUT2D eigenvalue weighted by Crippen LogP contribution is -2.35. The van der Waals surface area contributed by atoms with Gasteiger partial charge in [0.1, 0.15) is 0 Å². The van der Waals surface area contributed by atoms with Gasteiger partial charge in [0.15, 0.2) is 0 Å². The van der Waals surface area contributed by atoms with E-state index in [1.807, 2.05) is 38.2 Å². The molecule has 2 rings (SSSR count). The molecule has 0 aliphatic carbocycles. The van der Waals surface area contributed by atoms with Crippen molar-refractivity contribution < 1.29 is 9.90 Å². The van der Waals surface area contributed by atoms with Gasteiger partial charge in [-0.25, -0.2) is 0 Å². The number of amides is 1. The van der Waals surface area contributed by atoms with E-state index in [0.717, 1.165) is 17.3 Å². The molecule has 19 heavy (non-hydrogen) atoms. The van der Waals surface area contributed by atoms with Gasteiger partial charge in [-0.3, -0.25) is 4.79 Å². The Morgan fingerprint density at radius 1 is 1.42 bits per heavy atom. The molecule has 2 unspecified atom stereocenters. The summed E-state index contributed by atoms with van der Waals surface area (Å²) in [4.78, 5) is 15.1. The fourth-order valence-electron chi connectivity index (χ4n) is 1.97. The smallest absolute Gasteiger partial charge is 0.251 e. The molecule has 0 radical (unpaired) electrons. The Hall–Kier alpha value is -1.81. The Balaban J connectivity index is 1.99. The van der Waals surface area contributed by atoms with Crippen molar-refractivity contribution in [3.63, 3.8) is 0 Å². The molecular formula is C15H20N2O2. The van der Waals surface area contributed by atoms with Crippen LogP contribution in [0.25, 0.3) is 10.9 Å². The van der Waals surface area contributed by atoms with Gasteiger partial charge in [-0.05, 0) is 30.2 Å². The molecule has 1 amide bonds. The lowest BCUT2D eigenvalue weighted by Gasteiger charge is -2.17. The van der Waals surface area contributed by atoms with E-state index >= 15 is 0 Å². The molecule has 1 aromatic carbocycles. The molecule has 0 spiro atoms. The third-order valence-electron chi connectivity index (χ3n) is 3.59. The molecule has 0 saturated carbocycles. The first-order chi connectivity index (χ1) is 9.11. The maximum absolute atomic E-state index is 12.0. The summed E-state index contributed by atoms with van der Waals surface area (Å²) >= 11 is 0. The summed E-state index contributed by atoms with van der Waals surface area (Å²) in [5, 5.41) is 13.6. The molecule has 1 aromatic heterocycles. The van der Waals surface area contributed by atoms with Crippen LogP contribution >= 0.6 is 0 Å². The second-order valence-electron chi connectivity index (χ2n) is 4.94. The van der Waals surface area contributed by atoms with Gasteiger partial charge in [0.05, 0.1) is 6.10 Å². The monoisotopic (exact) mass is 260 g/mol. The van der Waals surface area contributed by atoms with E-state index in [-0.39, 0.29) is 11.8 Å². The van der Waals surface area contributed by atoms with Crippen LogP contribution in [0, 0.1) is 5.92 Å². The molecule has 0 saturated heterocycles. The van der Waals surface area contributed by atoms with Crippen molar-refractivity contribution in [2.24, 2.45) is 5.92 Å². The number of nitrogens with one attached hydrogen (secondary N) is 2. The number of carbonyl (C=O) groups excluding carboxylic acids is 1. The number of aromatic nitrogens is 1. The Kier molecular flexibility index (Phi) is 4.22. The summed E-state index contributed by atoms with van der Waals surface area (Å²) in [5.74, 6) is 0.0397. The van der Waals surface area contributed by atoms with Crippen molar-refractivity contribution in [1.29, 1.82) is 0 Å². The van der Waals surface area contributed by atoms with Crippen molar-refractivity contribution >= 4 is 16.8 Å². The molecule has 4 nitrogen and oxygen atoms in total. The van der Waals surface area contributed by atoms with Crippen LogP contribution in [0.15, 0.2) is 30.5 Å². The third-order valence-corrected chi connectivity index (χ3v) is 3.59. The van der Waals surface area contributed by atoms with Gasteiger partial charge in [0, 0.05) is 29.2 Å². The van der Waals surface area contributed by atoms with E-state index in [9.17, 15) is 9.90 Å². The number of carbonyl (C=O) groups is 1. The average molecular weight is 260 g/mol. The maximum Gasteiger partial charge on any atom is 0.251 e. The van der Waals surface area contributed by atoms with Crippen molar-refractivity contribution in [3.05, 3.63) is 36.0 Å². The summed E-state index contributed by atoms with van der Waals surface area (Å²) in [7, 11) is 0. The zero-order valence-corrected chi connectivity index (χ0v) is 11.3. The molecule has 102 valence electrons. The SMILES string of the molecule is CCC(C)C(O)CNC(=O)c1ccc2[nH]ccc2c1. The lowest BCUT2D eigenvalue weighted by atomic mass is 10.0. The summed E-state index contributed by atoms with van der Waals surface area (Å²) in [5.41, 5.74) is 1.62. The van der Waals surface area contributed by atoms with Gasteiger partial charge < -0.3 is 15.4 Å². The van der Waals surface area contributed by atoms with Gasteiger partial charge in [-0.1, -0.05) is 20.3 Å². The predicted octanol–water partition coefficient (Wildman–Crippen LogP) is 2.30. The fraction of sp³-hybridized carbons (Fsp3) is 0.400. The fourth-order valence-corrected chi connectivity index (χ4v) is 1.97. The average Bonchev–Trinajstić information content (AvgIpc) is 2.90. The quantitative estimate of drug-likeness (QED) is 0.772. The van der Waals surface area contributed by atoms with E-state index in [4.69, 9.17) is 0 Å². The number of benzene rings is 1. The molecule has 0 aliphatic heterocycles. The van der Waals surface area contributed by atoms with Crippen LogP contribution in [0.2, 0.25) is 0 Å². The van der Waals surface area contributed by atoms with Crippen molar-refractivity contribution in [3.8, 4) is 0 Å².